The molecule has 0 aromatic heterocycles. The first-order valence-corrected chi connectivity index (χ1v) is 9.15. The van der Waals surface area contributed by atoms with Gasteiger partial charge in [-0.25, -0.2) is 4.79 Å². The molecular formula is C24H19NO2. The SMILES string of the molecule is CCCc1ccc2c(c1)Cc1cc(C(=O)Oc3ccc(C#N)cc3)ccc1-2. The van der Waals surface area contributed by atoms with Crippen LogP contribution in [0.4, 0.5) is 0 Å². The lowest BCUT2D eigenvalue weighted by Gasteiger charge is -2.07. The van der Waals surface area contributed by atoms with Gasteiger partial charge in [-0.1, -0.05) is 37.6 Å². The molecule has 0 amide bonds. The van der Waals surface area contributed by atoms with Gasteiger partial charge in [-0.3, -0.25) is 0 Å². The van der Waals surface area contributed by atoms with Crippen LogP contribution < -0.4 is 4.74 Å². The van der Waals surface area contributed by atoms with Crippen molar-refractivity contribution in [2.24, 2.45) is 0 Å². The highest BCUT2D eigenvalue weighted by Crippen LogP contribution is 2.37. The van der Waals surface area contributed by atoms with Crippen molar-refractivity contribution < 1.29 is 9.53 Å². The first kappa shape index (κ1) is 17.1. The number of aryl methyl sites for hydroxylation is 1. The Balaban J connectivity index is 1.55. The summed E-state index contributed by atoms with van der Waals surface area (Å²) < 4.78 is 5.44. The van der Waals surface area contributed by atoms with E-state index in [-0.39, 0.29) is 5.97 Å². The molecule has 0 atom stereocenters. The van der Waals surface area contributed by atoms with Gasteiger partial charge < -0.3 is 4.74 Å². The minimum Gasteiger partial charge on any atom is -0.423 e. The molecular weight excluding hydrogens is 334 g/mol. The maximum atomic E-state index is 12.5. The van der Waals surface area contributed by atoms with Crippen LogP contribution in [0, 0.1) is 11.3 Å². The van der Waals surface area contributed by atoms with Crippen molar-refractivity contribution >= 4 is 5.97 Å². The number of hydrogen-bond donors (Lipinski definition) is 0. The van der Waals surface area contributed by atoms with E-state index in [0.717, 1.165) is 24.8 Å². The summed E-state index contributed by atoms with van der Waals surface area (Å²) in [5, 5.41) is 8.84. The maximum Gasteiger partial charge on any atom is 0.343 e. The Morgan fingerprint density at radius 2 is 1.70 bits per heavy atom. The van der Waals surface area contributed by atoms with Crippen molar-refractivity contribution in [2.45, 2.75) is 26.2 Å². The number of rotatable bonds is 4. The first-order chi connectivity index (χ1) is 13.2. The summed E-state index contributed by atoms with van der Waals surface area (Å²) >= 11 is 0. The summed E-state index contributed by atoms with van der Waals surface area (Å²) in [5.74, 6) is 0.0529. The second-order valence-corrected chi connectivity index (χ2v) is 6.82. The molecule has 3 aromatic carbocycles. The molecule has 0 N–H and O–H groups in total. The number of esters is 1. The molecule has 0 heterocycles. The van der Waals surface area contributed by atoms with Crippen molar-refractivity contribution in [3.8, 4) is 22.9 Å². The Bertz CT molecular complexity index is 1060. The molecule has 3 nitrogen and oxygen atoms in total. The van der Waals surface area contributed by atoms with E-state index in [1.165, 1.54) is 22.3 Å². The number of carbonyl (C=O) groups excluding carboxylic acids is 1. The maximum absolute atomic E-state index is 12.5. The van der Waals surface area contributed by atoms with Crippen LogP contribution in [0.1, 0.15) is 46.0 Å². The van der Waals surface area contributed by atoms with Gasteiger partial charge in [0.25, 0.3) is 0 Å². The molecule has 4 rings (SSSR count). The predicted molar refractivity (Wildman–Crippen MR) is 105 cm³/mol. The number of benzene rings is 3. The second kappa shape index (κ2) is 7.09. The zero-order valence-corrected chi connectivity index (χ0v) is 15.2. The Kier molecular flexibility index (Phi) is 4.48. The van der Waals surface area contributed by atoms with Gasteiger partial charge >= 0.3 is 5.97 Å². The second-order valence-electron chi connectivity index (χ2n) is 6.82. The largest absolute Gasteiger partial charge is 0.423 e. The highest BCUT2D eigenvalue weighted by Gasteiger charge is 2.20. The number of nitriles is 1. The third-order valence-electron chi connectivity index (χ3n) is 4.91. The van der Waals surface area contributed by atoms with Gasteiger partial charge in [0.1, 0.15) is 5.75 Å². The number of hydrogen-bond acceptors (Lipinski definition) is 3. The van der Waals surface area contributed by atoms with Crippen LogP contribution >= 0.6 is 0 Å². The van der Waals surface area contributed by atoms with E-state index < -0.39 is 0 Å². The summed E-state index contributed by atoms with van der Waals surface area (Å²) in [4.78, 5) is 12.5. The minimum atomic E-state index is -0.384. The summed E-state index contributed by atoms with van der Waals surface area (Å²) in [7, 11) is 0. The quantitative estimate of drug-likeness (QED) is 0.369. The summed E-state index contributed by atoms with van der Waals surface area (Å²) in [6.45, 7) is 2.19. The fourth-order valence-corrected chi connectivity index (χ4v) is 3.60. The van der Waals surface area contributed by atoms with Crippen LogP contribution in [0.15, 0.2) is 60.7 Å². The third-order valence-corrected chi connectivity index (χ3v) is 4.91. The summed E-state index contributed by atoms with van der Waals surface area (Å²) in [6, 6.07) is 21.0. The van der Waals surface area contributed by atoms with Crippen LogP contribution in [-0.2, 0) is 12.8 Å². The molecule has 1 aliphatic carbocycles. The Morgan fingerprint density at radius 3 is 2.41 bits per heavy atom. The van der Waals surface area contributed by atoms with Crippen LogP contribution in [0.3, 0.4) is 0 Å². The van der Waals surface area contributed by atoms with Crippen molar-refractivity contribution in [3.05, 3.63) is 88.5 Å². The molecule has 0 spiro atoms. The zero-order valence-electron chi connectivity index (χ0n) is 15.2. The first-order valence-electron chi connectivity index (χ1n) is 9.15. The van der Waals surface area contributed by atoms with Crippen LogP contribution in [-0.4, -0.2) is 5.97 Å². The highest BCUT2D eigenvalue weighted by atomic mass is 16.5. The topological polar surface area (TPSA) is 50.1 Å². The van der Waals surface area contributed by atoms with Crippen LogP contribution in [0.2, 0.25) is 0 Å². The summed E-state index contributed by atoms with van der Waals surface area (Å²) in [5.41, 5.74) is 7.39. The van der Waals surface area contributed by atoms with E-state index in [9.17, 15) is 4.79 Å². The Labute approximate surface area is 158 Å². The monoisotopic (exact) mass is 353 g/mol. The number of carbonyl (C=O) groups is 1. The average molecular weight is 353 g/mol. The van der Waals surface area contributed by atoms with Crippen LogP contribution in [0.25, 0.3) is 11.1 Å². The van der Waals surface area contributed by atoms with Gasteiger partial charge in [0, 0.05) is 0 Å². The van der Waals surface area contributed by atoms with Gasteiger partial charge in [0.15, 0.2) is 0 Å². The van der Waals surface area contributed by atoms with Gasteiger partial charge in [0.2, 0.25) is 0 Å². The van der Waals surface area contributed by atoms with E-state index in [0.29, 0.717) is 16.9 Å². The molecule has 1 aliphatic rings. The molecule has 0 saturated carbocycles. The lowest BCUT2D eigenvalue weighted by Crippen LogP contribution is -2.08. The van der Waals surface area contributed by atoms with Crippen molar-refractivity contribution in [1.29, 1.82) is 5.26 Å². The molecule has 0 aliphatic heterocycles. The van der Waals surface area contributed by atoms with E-state index in [1.807, 2.05) is 24.3 Å². The van der Waals surface area contributed by atoms with Gasteiger partial charge in [-0.15, -0.1) is 0 Å². The molecule has 0 fully saturated rings. The molecule has 3 heteroatoms. The smallest absolute Gasteiger partial charge is 0.343 e. The van der Waals surface area contributed by atoms with Crippen molar-refractivity contribution in [3.63, 3.8) is 0 Å². The van der Waals surface area contributed by atoms with Crippen molar-refractivity contribution in [2.75, 3.05) is 0 Å². The fourth-order valence-electron chi connectivity index (χ4n) is 3.60. The number of fused-ring (bicyclic) bond motifs is 3. The van der Waals surface area contributed by atoms with E-state index in [2.05, 4.69) is 25.1 Å². The standard InChI is InChI=1S/C24H19NO2/c1-2-3-16-6-10-22-19(12-16)14-20-13-18(7-11-23(20)22)24(26)27-21-8-4-17(15-25)5-9-21/h4-13H,2-3,14H2,1H3. The van der Waals surface area contributed by atoms with E-state index in [1.54, 1.807) is 24.3 Å². The Morgan fingerprint density at radius 1 is 1.00 bits per heavy atom. The molecule has 27 heavy (non-hydrogen) atoms. The van der Waals surface area contributed by atoms with E-state index in [4.69, 9.17) is 10.00 Å². The minimum absolute atomic E-state index is 0.384. The lowest BCUT2D eigenvalue weighted by atomic mass is 10.0. The molecule has 0 bridgehead atoms. The molecule has 0 saturated heterocycles. The molecule has 0 unspecified atom stereocenters. The zero-order chi connectivity index (χ0) is 18.8. The van der Waals surface area contributed by atoms with Gasteiger partial charge in [0.05, 0.1) is 17.2 Å². The predicted octanol–water partition coefficient (Wildman–Crippen LogP) is 5.30. The number of ether oxygens (including phenoxy) is 1. The normalized spacial score (nSPS) is 11.4. The third kappa shape index (κ3) is 3.35. The van der Waals surface area contributed by atoms with E-state index >= 15 is 0 Å². The summed E-state index contributed by atoms with van der Waals surface area (Å²) in [6.07, 6.45) is 3.07. The van der Waals surface area contributed by atoms with Gasteiger partial charge in [-0.05, 0) is 77.1 Å². The molecule has 132 valence electrons. The lowest BCUT2D eigenvalue weighted by molar-refractivity contribution is 0.0734. The molecule has 3 aromatic rings. The highest BCUT2D eigenvalue weighted by molar-refractivity contribution is 5.93. The molecule has 0 radical (unpaired) electrons. The number of nitrogens with zero attached hydrogens (tertiary/aromatic N) is 1. The average Bonchev–Trinajstić information content (AvgIpc) is 3.05. The van der Waals surface area contributed by atoms with Crippen LogP contribution in [0.5, 0.6) is 5.75 Å². The van der Waals surface area contributed by atoms with Crippen molar-refractivity contribution in [1.82, 2.24) is 0 Å². The Hall–Kier alpha value is -3.38. The van der Waals surface area contributed by atoms with Gasteiger partial charge in [-0.2, -0.15) is 5.26 Å². The fraction of sp³-hybridized carbons (Fsp3) is 0.167.